The van der Waals surface area contributed by atoms with Gasteiger partial charge in [-0.2, -0.15) is 0 Å². The van der Waals surface area contributed by atoms with Gasteiger partial charge < -0.3 is 4.74 Å². The van der Waals surface area contributed by atoms with E-state index in [0.717, 1.165) is 16.3 Å². The molecule has 2 aromatic rings. The zero-order chi connectivity index (χ0) is 17.3. The lowest BCUT2D eigenvalue weighted by Gasteiger charge is -2.28. The summed E-state index contributed by atoms with van der Waals surface area (Å²) in [5.41, 5.74) is 1.64. The highest BCUT2D eigenvalue weighted by Gasteiger charge is 2.41. The lowest BCUT2D eigenvalue weighted by Crippen LogP contribution is -2.38. The molecule has 1 aliphatic carbocycles. The number of aryl methyl sites for hydroxylation is 1. The second-order valence-electron chi connectivity index (χ2n) is 6.17. The third kappa shape index (κ3) is 2.73. The smallest absolute Gasteiger partial charge is 0.317 e. The van der Waals surface area contributed by atoms with Crippen LogP contribution < -0.4 is 0 Å². The van der Waals surface area contributed by atoms with Crippen molar-refractivity contribution in [2.24, 2.45) is 11.8 Å². The van der Waals surface area contributed by atoms with E-state index >= 15 is 0 Å². The highest BCUT2D eigenvalue weighted by Crippen LogP contribution is 2.35. The van der Waals surface area contributed by atoms with Crippen LogP contribution in [0.25, 0.3) is 10.8 Å². The Kier molecular flexibility index (Phi) is 4.47. The number of rotatable bonds is 4. The maximum atomic E-state index is 13.1. The van der Waals surface area contributed by atoms with E-state index in [1.54, 1.807) is 6.92 Å². The lowest BCUT2D eigenvalue weighted by molar-refractivity contribution is -0.152. The quantitative estimate of drug-likeness (QED) is 0.639. The molecular weight excluding hydrogens is 304 g/mol. The van der Waals surface area contributed by atoms with E-state index in [0.29, 0.717) is 18.4 Å². The molecule has 2 atom stereocenters. The van der Waals surface area contributed by atoms with Crippen molar-refractivity contribution in [3.63, 3.8) is 0 Å². The monoisotopic (exact) mass is 324 g/mol. The topological polar surface area (TPSA) is 60.4 Å². The van der Waals surface area contributed by atoms with Gasteiger partial charge in [-0.05, 0) is 43.0 Å². The van der Waals surface area contributed by atoms with Crippen LogP contribution in [0.5, 0.6) is 0 Å². The Morgan fingerprint density at radius 2 is 1.96 bits per heavy atom. The molecule has 0 saturated heterocycles. The van der Waals surface area contributed by atoms with E-state index in [1.807, 2.05) is 36.4 Å². The fraction of sp³-hybridized carbons (Fsp3) is 0.350. The van der Waals surface area contributed by atoms with E-state index in [9.17, 15) is 14.4 Å². The van der Waals surface area contributed by atoms with Crippen LogP contribution in [0.4, 0.5) is 0 Å². The summed E-state index contributed by atoms with van der Waals surface area (Å²) in [6.45, 7) is 3.25. The van der Waals surface area contributed by atoms with Gasteiger partial charge in [0.1, 0.15) is 11.7 Å². The Labute approximate surface area is 140 Å². The van der Waals surface area contributed by atoms with Gasteiger partial charge in [0.05, 0.1) is 6.61 Å². The van der Waals surface area contributed by atoms with Gasteiger partial charge in [0.2, 0.25) is 0 Å². The number of ether oxygens (including phenoxy) is 1. The summed E-state index contributed by atoms with van der Waals surface area (Å²) in [6, 6.07) is 11.7. The van der Waals surface area contributed by atoms with Crippen LogP contribution >= 0.6 is 0 Å². The molecule has 1 aliphatic rings. The number of carbonyl (C=O) groups is 3. The van der Waals surface area contributed by atoms with Crippen LogP contribution in [0, 0.1) is 11.8 Å². The molecule has 0 radical (unpaired) electrons. The van der Waals surface area contributed by atoms with Gasteiger partial charge in [0.25, 0.3) is 0 Å². The van der Waals surface area contributed by atoms with Crippen molar-refractivity contribution in [3.05, 3.63) is 47.5 Å². The first-order chi connectivity index (χ1) is 11.5. The molecule has 0 heterocycles. The van der Waals surface area contributed by atoms with Crippen LogP contribution in [-0.2, 0) is 20.7 Å². The number of esters is 1. The molecule has 0 spiro atoms. The molecule has 4 heteroatoms. The largest absolute Gasteiger partial charge is 0.465 e. The summed E-state index contributed by atoms with van der Waals surface area (Å²) in [7, 11) is 0. The fourth-order valence-corrected chi connectivity index (χ4v) is 3.61. The van der Waals surface area contributed by atoms with Crippen LogP contribution in [0.2, 0.25) is 0 Å². The first-order valence-corrected chi connectivity index (χ1v) is 8.26. The van der Waals surface area contributed by atoms with E-state index in [1.165, 1.54) is 6.92 Å². The Morgan fingerprint density at radius 1 is 1.21 bits per heavy atom. The molecule has 4 nitrogen and oxygen atoms in total. The maximum absolute atomic E-state index is 13.1. The average molecular weight is 324 g/mol. The first kappa shape index (κ1) is 16.4. The second kappa shape index (κ2) is 6.56. The molecule has 0 bridgehead atoms. The van der Waals surface area contributed by atoms with E-state index in [-0.39, 0.29) is 18.2 Å². The summed E-state index contributed by atoms with van der Waals surface area (Å²) in [6.07, 6.45) is 1.17. The predicted octanol–water partition coefficient (Wildman–Crippen LogP) is 3.35. The van der Waals surface area contributed by atoms with Crippen LogP contribution in [0.1, 0.15) is 36.2 Å². The van der Waals surface area contributed by atoms with E-state index in [4.69, 9.17) is 4.74 Å². The zero-order valence-electron chi connectivity index (χ0n) is 13.9. The Hall–Kier alpha value is -2.49. The summed E-state index contributed by atoms with van der Waals surface area (Å²) in [5, 5.41) is 1.87. The van der Waals surface area contributed by atoms with Crippen molar-refractivity contribution < 1.29 is 19.1 Å². The average Bonchev–Trinajstić information content (AvgIpc) is 2.56. The van der Waals surface area contributed by atoms with Gasteiger partial charge in [-0.3, -0.25) is 14.4 Å². The van der Waals surface area contributed by atoms with Crippen molar-refractivity contribution in [2.75, 3.05) is 6.61 Å². The van der Waals surface area contributed by atoms with Crippen molar-refractivity contribution in [1.29, 1.82) is 0 Å². The number of carbonyl (C=O) groups excluding carboxylic acids is 3. The lowest BCUT2D eigenvalue weighted by atomic mass is 9.73. The van der Waals surface area contributed by atoms with Crippen molar-refractivity contribution in [2.45, 2.75) is 26.7 Å². The van der Waals surface area contributed by atoms with Crippen molar-refractivity contribution >= 4 is 28.3 Å². The van der Waals surface area contributed by atoms with Gasteiger partial charge in [-0.15, -0.1) is 0 Å². The van der Waals surface area contributed by atoms with E-state index < -0.39 is 17.8 Å². The Balaban J connectivity index is 2.06. The summed E-state index contributed by atoms with van der Waals surface area (Å²) < 4.78 is 5.03. The van der Waals surface area contributed by atoms with Gasteiger partial charge in [-0.1, -0.05) is 36.4 Å². The van der Waals surface area contributed by atoms with Gasteiger partial charge >= 0.3 is 5.97 Å². The summed E-state index contributed by atoms with van der Waals surface area (Å²) in [4.78, 5) is 37.4. The minimum absolute atomic E-state index is 0.124. The SMILES string of the molecule is CCOC(=O)C(C(C)=O)C1CCc2ccc3ccccc3c2C1=O. The molecule has 0 fully saturated rings. The van der Waals surface area contributed by atoms with E-state index in [2.05, 4.69) is 0 Å². The van der Waals surface area contributed by atoms with Gasteiger partial charge in [-0.25, -0.2) is 0 Å². The van der Waals surface area contributed by atoms with Gasteiger partial charge in [0, 0.05) is 11.5 Å². The summed E-state index contributed by atoms with van der Waals surface area (Å²) in [5.74, 6) is -2.67. The Bertz CT molecular complexity index is 821. The highest BCUT2D eigenvalue weighted by molar-refractivity contribution is 6.14. The molecule has 124 valence electrons. The molecule has 0 amide bonds. The maximum Gasteiger partial charge on any atom is 0.317 e. The van der Waals surface area contributed by atoms with Crippen LogP contribution in [0.15, 0.2) is 36.4 Å². The molecule has 3 rings (SSSR count). The third-order valence-electron chi connectivity index (χ3n) is 4.70. The number of hydrogen-bond acceptors (Lipinski definition) is 4. The first-order valence-electron chi connectivity index (χ1n) is 8.26. The third-order valence-corrected chi connectivity index (χ3v) is 4.70. The van der Waals surface area contributed by atoms with Gasteiger partial charge in [0.15, 0.2) is 5.78 Å². The van der Waals surface area contributed by atoms with Crippen molar-refractivity contribution in [1.82, 2.24) is 0 Å². The molecule has 0 saturated carbocycles. The Morgan fingerprint density at radius 3 is 2.67 bits per heavy atom. The predicted molar refractivity (Wildman–Crippen MR) is 90.9 cm³/mol. The molecular formula is C20H20O4. The number of Topliss-reactive ketones (excluding diaryl/α,β-unsaturated/α-hetero) is 2. The fourth-order valence-electron chi connectivity index (χ4n) is 3.61. The summed E-state index contributed by atoms with van der Waals surface area (Å²) >= 11 is 0. The minimum atomic E-state index is -1.01. The molecule has 0 aliphatic heterocycles. The second-order valence-corrected chi connectivity index (χ2v) is 6.17. The van der Waals surface area contributed by atoms with Crippen LogP contribution in [0.3, 0.4) is 0 Å². The minimum Gasteiger partial charge on any atom is -0.465 e. The highest BCUT2D eigenvalue weighted by atomic mass is 16.5. The normalized spacial score (nSPS) is 18.1. The van der Waals surface area contributed by atoms with Crippen molar-refractivity contribution in [3.8, 4) is 0 Å². The standard InChI is InChI=1S/C20H20O4/c1-3-24-20(23)17(12(2)21)16-11-10-14-9-8-13-6-4-5-7-15(13)18(14)19(16)22/h4-9,16-17H,3,10-11H2,1-2H3. The number of hydrogen-bond donors (Lipinski definition) is 0. The number of fused-ring (bicyclic) bond motifs is 3. The zero-order valence-corrected chi connectivity index (χ0v) is 13.9. The number of benzene rings is 2. The molecule has 0 N–H and O–H groups in total. The van der Waals surface area contributed by atoms with Crippen LogP contribution in [-0.4, -0.2) is 24.1 Å². The molecule has 24 heavy (non-hydrogen) atoms. The molecule has 2 aromatic carbocycles. The molecule has 0 aromatic heterocycles. The number of ketones is 2. The molecule has 2 unspecified atom stereocenters.